The van der Waals surface area contributed by atoms with Gasteiger partial charge in [-0.15, -0.1) is 0 Å². The fraction of sp³-hybridized carbons (Fsp3) is 0.529. The zero-order valence-electron chi connectivity index (χ0n) is 13.5. The number of benzene rings is 1. The summed E-state index contributed by atoms with van der Waals surface area (Å²) >= 11 is 0. The Morgan fingerprint density at radius 2 is 2.04 bits per heavy atom. The highest BCUT2D eigenvalue weighted by Crippen LogP contribution is 2.37. The number of hydrogen-bond acceptors (Lipinski definition) is 4. The summed E-state index contributed by atoms with van der Waals surface area (Å²) in [6.07, 6.45) is 3.08. The van der Waals surface area contributed by atoms with Crippen molar-refractivity contribution in [1.29, 1.82) is 0 Å². The van der Waals surface area contributed by atoms with Crippen LogP contribution in [-0.2, 0) is 9.59 Å². The fourth-order valence-corrected chi connectivity index (χ4v) is 2.52. The Bertz CT molecular complexity index is 572. The number of methoxy groups -OCH3 is 1. The molecule has 2 unspecified atom stereocenters. The molecule has 1 aromatic carbocycles. The van der Waals surface area contributed by atoms with Crippen LogP contribution in [0.4, 0.5) is 5.69 Å². The van der Waals surface area contributed by atoms with Gasteiger partial charge in [0.05, 0.1) is 31.2 Å². The average Bonchev–Trinajstić information content (AvgIpc) is 2.47. The molecule has 0 radical (unpaired) electrons. The van der Waals surface area contributed by atoms with Crippen LogP contribution < -0.4 is 14.8 Å². The van der Waals surface area contributed by atoms with Crippen molar-refractivity contribution in [3.8, 4) is 11.5 Å². The molecular formula is C17H23NO5. The minimum Gasteiger partial charge on any atom is -0.497 e. The van der Waals surface area contributed by atoms with Crippen LogP contribution in [0.15, 0.2) is 18.2 Å². The van der Waals surface area contributed by atoms with Gasteiger partial charge in [0, 0.05) is 6.07 Å². The van der Waals surface area contributed by atoms with E-state index in [1.165, 1.54) is 0 Å². The SMILES string of the molecule is CCCCOc1ccc(OC)cc1NC(=O)C1CCC1C(=O)O. The molecule has 0 aromatic heterocycles. The normalized spacial score (nSPS) is 19.6. The Kier molecular flexibility index (Phi) is 5.84. The lowest BCUT2D eigenvalue weighted by molar-refractivity contribution is -0.151. The number of ether oxygens (including phenoxy) is 2. The number of unbranched alkanes of at least 4 members (excludes halogenated alkanes) is 1. The van der Waals surface area contributed by atoms with Crippen molar-refractivity contribution in [3.63, 3.8) is 0 Å². The van der Waals surface area contributed by atoms with Gasteiger partial charge in [0.1, 0.15) is 11.5 Å². The summed E-state index contributed by atoms with van der Waals surface area (Å²) in [6.45, 7) is 2.63. The zero-order chi connectivity index (χ0) is 16.8. The molecule has 1 saturated carbocycles. The van der Waals surface area contributed by atoms with Crippen molar-refractivity contribution in [1.82, 2.24) is 0 Å². The van der Waals surface area contributed by atoms with Gasteiger partial charge in [-0.05, 0) is 31.4 Å². The van der Waals surface area contributed by atoms with E-state index in [9.17, 15) is 9.59 Å². The van der Waals surface area contributed by atoms with Crippen LogP contribution in [0.2, 0.25) is 0 Å². The third-order valence-corrected chi connectivity index (χ3v) is 4.13. The maximum absolute atomic E-state index is 12.3. The third-order valence-electron chi connectivity index (χ3n) is 4.13. The first-order chi connectivity index (χ1) is 11.1. The van der Waals surface area contributed by atoms with Crippen molar-refractivity contribution >= 4 is 17.6 Å². The molecule has 1 fully saturated rings. The van der Waals surface area contributed by atoms with E-state index in [4.69, 9.17) is 14.6 Å². The fourth-order valence-electron chi connectivity index (χ4n) is 2.52. The van der Waals surface area contributed by atoms with E-state index in [2.05, 4.69) is 12.2 Å². The van der Waals surface area contributed by atoms with Gasteiger partial charge >= 0.3 is 5.97 Å². The molecule has 2 rings (SSSR count). The first-order valence-corrected chi connectivity index (χ1v) is 7.91. The van der Waals surface area contributed by atoms with Crippen molar-refractivity contribution in [3.05, 3.63) is 18.2 Å². The van der Waals surface area contributed by atoms with Gasteiger partial charge in [-0.3, -0.25) is 9.59 Å². The molecule has 0 aliphatic heterocycles. The monoisotopic (exact) mass is 321 g/mol. The average molecular weight is 321 g/mol. The molecule has 1 aliphatic carbocycles. The van der Waals surface area contributed by atoms with E-state index in [1.807, 2.05) is 0 Å². The summed E-state index contributed by atoms with van der Waals surface area (Å²) in [6, 6.07) is 5.20. The molecule has 0 spiro atoms. The van der Waals surface area contributed by atoms with Gasteiger partial charge in [0.15, 0.2) is 0 Å². The van der Waals surface area contributed by atoms with Crippen LogP contribution in [0.25, 0.3) is 0 Å². The predicted octanol–water partition coefficient (Wildman–Crippen LogP) is 2.92. The molecule has 1 aromatic rings. The minimum absolute atomic E-state index is 0.280. The lowest BCUT2D eigenvalue weighted by Gasteiger charge is -2.32. The van der Waals surface area contributed by atoms with E-state index >= 15 is 0 Å². The number of carboxylic acids is 1. The summed E-state index contributed by atoms with van der Waals surface area (Å²) in [7, 11) is 1.55. The summed E-state index contributed by atoms with van der Waals surface area (Å²) < 4.78 is 10.9. The summed E-state index contributed by atoms with van der Waals surface area (Å²) in [5.74, 6) is -1.10. The molecule has 0 heterocycles. The molecule has 1 amide bonds. The lowest BCUT2D eigenvalue weighted by atomic mass is 9.73. The number of carbonyl (C=O) groups excluding carboxylic acids is 1. The number of rotatable bonds is 8. The topological polar surface area (TPSA) is 84.9 Å². The molecule has 1 aliphatic rings. The van der Waals surface area contributed by atoms with Gasteiger partial charge in [-0.25, -0.2) is 0 Å². The Labute approximate surface area is 135 Å². The second-order valence-electron chi connectivity index (χ2n) is 5.68. The molecule has 0 saturated heterocycles. The van der Waals surface area contributed by atoms with E-state index in [0.29, 0.717) is 36.6 Å². The van der Waals surface area contributed by atoms with Crippen LogP contribution in [0.1, 0.15) is 32.6 Å². The van der Waals surface area contributed by atoms with Crippen molar-refractivity contribution in [2.45, 2.75) is 32.6 Å². The van der Waals surface area contributed by atoms with Crippen molar-refractivity contribution in [2.24, 2.45) is 11.8 Å². The standard InChI is InChI=1S/C17H23NO5/c1-3-4-9-23-15-8-5-11(22-2)10-14(15)18-16(19)12-6-7-13(12)17(20)21/h5,8,10,12-13H,3-4,6-7,9H2,1-2H3,(H,18,19)(H,20,21). The van der Waals surface area contributed by atoms with E-state index in [1.54, 1.807) is 25.3 Å². The highest BCUT2D eigenvalue weighted by Gasteiger charge is 2.41. The highest BCUT2D eigenvalue weighted by molar-refractivity contribution is 5.97. The van der Waals surface area contributed by atoms with Crippen LogP contribution in [0.3, 0.4) is 0 Å². The number of nitrogens with one attached hydrogen (secondary N) is 1. The van der Waals surface area contributed by atoms with Crippen molar-refractivity contribution < 1.29 is 24.2 Å². The van der Waals surface area contributed by atoms with Crippen LogP contribution >= 0.6 is 0 Å². The largest absolute Gasteiger partial charge is 0.497 e. The van der Waals surface area contributed by atoms with E-state index < -0.39 is 17.8 Å². The molecule has 0 bridgehead atoms. The number of amides is 1. The van der Waals surface area contributed by atoms with Crippen LogP contribution in [0.5, 0.6) is 11.5 Å². The molecule has 23 heavy (non-hydrogen) atoms. The van der Waals surface area contributed by atoms with Gasteiger partial charge < -0.3 is 19.9 Å². The Morgan fingerprint density at radius 1 is 1.30 bits per heavy atom. The third kappa shape index (κ3) is 4.15. The second-order valence-corrected chi connectivity index (χ2v) is 5.68. The minimum atomic E-state index is -0.915. The van der Waals surface area contributed by atoms with E-state index in [0.717, 1.165) is 12.8 Å². The number of carboxylic acid groups (broad SMARTS) is 1. The Balaban J connectivity index is 2.09. The molecule has 2 N–H and O–H groups in total. The first-order valence-electron chi connectivity index (χ1n) is 7.91. The quantitative estimate of drug-likeness (QED) is 0.719. The number of aliphatic carboxylic acids is 1. The smallest absolute Gasteiger partial charge is 0.307 e. The maximum Gasteiger partial charge on any atom is 0.307 e. The Hall–Kier alpha value is -2.24. The van der Waals surface area contributed by atoms with Crippen LogP contribution in [0, 0.1) is 11.8 Å². The predicted molar refractivity (Wildman–Crippen MR) is 85.9 cm³/mol. The molecule has 6 heteroatoms. The molecule has 126 valence electrons. The summed E-state index contributed by atoms with van der Waals surface area (Å²) in [5, 5.41) is 11.9. The lowest BCUT2D eigenvalue weighted by Crippen LogP contribution is -2.41. The maximum atomic E-state index is 12.3. The summed E-state index contributed by atoms with van der Waals surface area (Å²) in [5.41, 5.74) is 0.515. The first kappa shape index (κ1) is 17.1. The van der Waals surface area contributed by atoms with E-state index in [-0.39, 0.29) is 5.91 Å². The van der Waals surface area contributed by atoms with Gasteiger partial charge in [0.2, 0.25) is 5.91 Å². The summed E-state index contributed by atoms with van der Waals surface area (Å²) in [4.78, 5) is 23.4. The van der Waals surface area contributed by atoms with Gasteiger partial charge in [-0.2, -0.15) is 0 Å². The molecule has 2 atom stereocenters. The number of anilines is 1. The molecule has 6 nitrogen and oxygen atoms in total. The second kappa shape index (κ2) is 7.85. The van der Waals surface area contributed by atoms with Crippen LogP contribution in [-0.4, -0.2) is 30.7 Å². The van der Waals surface area contributed by atoms with Crippen molar-refractivity contribution in [2.75, 3.05) is 19.0 Å². The zero-order valence-corrected chi connectivity index (χ0v) is 13.5. The highest BCUT2D eigenvalue weighted by atomic mass is 16.5. The molecular weight excluding hydrogens is 298 g/mol. The number of hydrogen-bond donors (Lipinski definition) is 2. The van der Waals surface area contributed by atoms with Gasteiger partial charge in [0.25, 0.3) is 0 Å². The number of carbonyl (C=O) groups is 2. The van der Waals surface area contributed by atoms with Gasteiger partial charge in [-0.1, -0.05) is 13.3 Å². The Morgan fingerprint density at radius 3 is 2.61 bits per heavy atom.